The topological polar surface area (TPSA) is 89.6 Å². The van der Waals surface area contributed by atoms with Gasteiger partial charge >= 0.3 is 0 Å². The van der Waals surface area contributed by atoms with E-state index in [2.05, 4.69) is 4.98 Å². The minimum atomic E-state index is -2.77. The maximum Gasteiger partial charge on any atom is 0.262 e. The Morgan fingerprint density at radius 3 is 2.59 bits per heavy atom. The third kappa shape index (κ3) is 5.40. The number of aliphatic hydroxyl groups is 1. The predicted molar refractivity (Wildman–Crippen MR) is 152 cm³/mol. The Hall–Kier alpha value is -3.57. The summed E-state index contributed by atoms with van der Waals surface area (Å²) in [5, 5.41) is 13.7. The largest absolute Gasteiger partial charge is 0.497 e. The van der Waals surface area contributed by atoms with Gasteiger partial charge in [0.1, 0.15) is 12.1 Å². The third-order valence-electron chi connectivity index (χ3n) is 8.54. The van der Waals surface area contributed by atoms with Gasteiger partial charge in [0.05, 0.1) is 24.6 Å². The van der Waals surface area contributed by atoms with Crippen molar-refractivity contribution in [2.75, 3.05) is 20.2 Å². The number of hydrogen-bond donors (Lipinski definition) is 1. The standard InChI is InChI=1S/C30H32F2N4O4S/c1-40-21-6-4-20(5-7-21)36-13-9-23-26(36)33-19-35(28(23)38)18-29(39)11-14-34(15-12-29)27(37)22-8-10-30(31,32)17-24(22)25-3-2-16-41-25/h2-7,9,13,16,19,22,24,39H,8,10-12,14-15,17-18H2,1H3/t22-,24-/m0/s1. The van der Waals surface area contributed by atoms with Crippen LogP contribution in [-0.2, 0) is 11.3 Å². The van der Waals surface area contributed by atoms with Gasteiger partial charge < -0.3 is 19.3 Å². The summed E-state index contributed by atoms with van der Waals surface area (Å²) in [6.45, 7) is 0.660. The van der Waals surface area contributed by atoms with Crippen LogP contribution >= 0.6 is 11.3 Å². The molecule has 3 aromatic heterocycles. The highest BCUT2D eigenvalue weighted by molar-refractivity contribution is 7.10. The van der Waals surface area contributed by atoms with E-state index >= 15 is 0 Å². The number of methoxy groups -OCH3 is 1. The van der Waals surface area contributed by atoms with Crippen molar-refractivity contribution < 1.29 is 23.4 Å². The van der Waals surface area contributed by atoms with Crippen LogP contribution in [0, 0.1) is 5.92 Å². The Kier molecular flexibility index (Phi) is 7.19. The molecule has 11 heteroatoms. The molecule has 1 saturated heterocycles. The molecule has 4 heterocycles. The first-order valence-electron chi connectivity index (χ1n) is 13.8. The highest BCUT2D eigenvalue weighted by Gasteiger charge is 2.47. The number of halogens is 2. The van der Waals surface area contributed by atoms with Gasteiger partial charge in [-0.3, -0.25) is 14.2 Å². The Bertz CT molecular complexity index is 1590. The molecule has 41 heavy (non-hydrogen) atoms. The van der Waals surface area contributed by atoms with E-state index < -0.39 is 23.4 Å². The number of alkyl halides is 2. The Morgan fingerprint density at radius 1 is 1.15 bits per heavy atom. The fourth-order valence-electron chi connectivity index (χ4n) is 6.20. The zero-order valence-corrected chi connectivity index (χ0v) is 23.5. The van der Waals surface area contributed by atoms with Crippen LogP contribution in [0.3, 0.4) is 0 Å². The molecule has 8 nitrogen and oxygen atoms in total. The molecule has 2 atom stereocenters. The summed E-state index contributed by atoms with van der Waals surface area (Å²) in [4.78, 5) is 33.9. The summed E-state index contributed by atoms with van der Waals surface area (Å²) in [7, 11) is 1.60. The smallest absolute Gasteiger partial charge is 0.262 e. The fraction of sp³-hybridized carbons (Fsp3) is 0.433. The van der Waals surface area contributed by atoms with Gasteiger partial charge in [-0.2, -0.15) is 0 Å². The number of carbonyl (C=O) groups is 1. The number of thiophene rings is 1. The number of benzene rings is 1. The number of rotatable bonds is 6. The average molecular weight is 583 g/mol. The lowest BCUT2D eigenvalue weighted by atomic mass is 9.75. The predicted octanol–water partition coefficient (Wildman–Crippen LogP) is 4.83. The number of amides is 1. The lowest BCUT2D eigenvalue weighted by Crippen LogP contribution is -2.52. The lowest BCUT2D eigenvalue weighted by molar-refractivity contribution is -0.145. The molecule has 2 aliphatic rings. The number of likely N-dealkylation sites (tertiary alicyclic amines) is 1. The molecule has 1 aliphatic heterocycles. The quantitative estimate of drug-likeness (QED) is 0.352. The number of fused-ring (bicyclic) bond motifs is 1. The van der Waals surface area contributed by atoms with Crippen molar-refractivity contribution in [3.8, 4) is 11.4 Å². The van der Waals surface area contributed by atoms with E-state index in [0.29, 0.717) is 24.1 Å². The van der Waals surface area contributed by atoms with Crippen molar-refractivity contribution >= 4 is 28.3 Å². The Balaban J connectivity index is 1.14. The van der Waals surface area contributed by atoms with Gasteiger partial charge in [0, 0.05) is 54.5 Å². The highest BCUT2D eigenvalue weighted by atomic mass is 32.1. The number of hydrogen-bond acceptors (Lipinski definition) is 6. The van der Waals surface area contributed by atoms with Crippen molar-refractivity contribution in [1.82, 2.24) is 19.0 Å². The zero-order valence-electron chi connectivity index (χ0n) is 22.7. The molecular weight excluding hydrogens is 550 g/mol. The molecule has 1 saturated carbocycles. The van der Waals surface area contributed by atoms with E-state index in [1.165, 1.54) is 22.2 Å². The van der Waals surface area contributed by atoms with Gasteiger partial charge in [-0.15, -0.1) is 11.3 Å². The second-order valence-corrected chi connectivity index (χ2v) is 12.2. The van der Waals surface area contributed by atoms with Gasteiger partial charge in [-0.1, -0.05) is 6.07 Å². The maximum atomic E-state index is 14.3. The van der Waals surface area contributed by atoms with Gasteiger partial charge in [-0.25, -0.2) is 13.8 Å². The molecular formula is C30H32F2N4O4S. The van der Waals surface area contributed by atoms with E-state index in [4.69, 9.17) is 4.74 Å². The minimum Gasteiger partial charge on any atom is -0.497 e. The zero-order chi connectivity index (χ0) is 28.8. The van der Waals surface area contributed by atoms with Crippen molar-refractivity contribution in [3.63, 3.8) is 0 Å². The summed E-state index contributed by atoms with van der Waals surface area (Å²) in [5.74, 6) is -3.17. The van der Waals surface area contributed by atoms with Crippen LogP contribution < -0.4 is 10.3 Å². The summed E-state index contributed by atoms with van der Waals surface area (Å²) in [5.41, 5.74) is -0.0937. The highest BCUT2D eigenvalue weighted by Crippen LogP contribution is 2.47. The monoisotopic (exact) mass is 582 g/mol. The maximum absolute atomic E-state index is 14.3. The molecule has 6 rings (SSSR count). The molecule has 1 aliphatic carbocycles. The SMILES string of the molecule is COc1ccc(-n2ccc3c(=O)n(CC4(O)CCN(C(=O)[C@H]5CCC(F)(F)C[C@@H]5c5cccs5)CC4)cnc32)cc1. The normalized spacial score (nSPS) is 22.1. The molecule has 1 aromatic carbocycles. The molecule has 0 radical (unpaired) electrons. The van der Waals surface area contributed by atoms with E-state index in [1.54, 1.807) is 24.3 Å². The van der Waals surface area contributed by atoms with Gasteiger partial charge in [0.2, 0.25) is 11.8 Å². The molecule has 216 valence electrons. The Morgan fingerprint density at radius 2 is 1.90 bits per heavy atom. The van der Waals surface area contributed by atoms with Crippen LogP contribution in [0.15, 0.2) is 65.2 Å². The number of piperidine rings is 1. The van der Waals surface area contributed by atoms with Crippen LogP contribution in [0.5, 0.6) is 5.75 Å². The molecule has 1 amide bonds. The molecule has 2 fully saturated rings. The van der Waals surface area contributed by atoms with Crippen LogP contribution in [0.25, 0.3) is 16.7 Å². The number of carbonyl (C=O) groups excluding carboxylic acids is 1. The first kappa shape index (κ1) is 27.6. The first-order valence-corrected chi connectivity index (χ1v) is 14.7. The first-order chi connectivity index (χ1) is 19.7. The van der Waals surface area contributed by atoms with Gasteiger partial charge in [0.15, 0.2) is 5.65 Å². The number of ether oxygens (including phenoxy) is 1. The van der Waals surface area contributed by atoms with Gasteiger partial charge in [0.25, 0.3) is 5.56 Å². The number of aromatic nitrogens is 3. The summed E-state index contributed by atoms with van der Waals surface area (Å²) >= 11 is 1.41. The summed E-state index contributed by atoms with van der Waals surface area (Å²) in [6.07, 6.45) is 3.34. The minimum absolute atomic E-state index is 0.0536. The molecule has 1 N–H and O–H groups in total. The van der Waals surface area contributed by atoms with Crippen molar-refractivity contribution in [2.45, 2.75) is 56.1 Å². The number of nitrogens with zero attached hydrogens (tertiary/aromatic N) is 4. The second kappa shape index (κ2) is 10.7. The Labute approximate surface area is 239 Å². The molecule has 0 unspecified atom stereocenters. The van der Waals surface area contributed by atoms with E-state index in [1.807, 2.05) is 46.3 Å². The molecule has 4 aromatic rings. The van der Waals surface area contributed by atoms with Crippen LogP contribution in [0.4, 0.5) is 8.78 Å². The lowest BCUT2D eigenvalue weighted by Gasteiger charge is -2.42. The van der Waals surface area contributed by atoms with Crippen LogP contribution in [0.2, 0.25) is 0 Å². The van der Waals surface area contributed by atoms with Crippen molar-refractivity contribution in [2.24, 2.45) is 5.92 Å². The van der Waals surface area contributed by atoms with Crippen molar-refractivity contribution in [1.29, 1.82) is 0 Å². The molecule has 0 bridgehead atoms. The van der Waals surface area contributed by atoms with E-state index in [9.17, 15) is 23.5 Å². The van der Waals surface area contributed by atoms with Gasteiger partial charge in [-0.05, 0) is 61.0 Å². The average Bonchev–Trinajstić information content (AvgIpc) is 3.65. The third-order valence-corrected chi connectivity index (χ3v) is 9.55. The summed E-state index contributed by atoms with van der Waals surface area (Å²) < 4.78 is 37.0. The second-order valence-electron chi connectivity index (χ2n) is 11.2. The van der Waals surface area contributed by atoms with E-state index in [0.717, 1.165) is 16.3 Å². The van der Waals surface area contributed by atoms with Crippen molar-refractivity contribution in [3.05, 3.63) is 75.6 Å². The van der Waals surface area contributed by atoms with Crippen LogP contribution in [-0.4, -0.2) is 61.8 Å². The fourth-order valence-corrected chi connectivity index (χ4v) is 7.10. The van der Waals surface area contributed by atoms with E-state index in [-0.39, 0.29) is 50.1 Å². The van der Waals surface area contributed by atoms with Crippen LogP contribution in [0.1, 0.15) is 42.9 Å². The summed E-state index contributed by atoms with van der Waals surface area (Å²) in [6, 6.07) is 12.8. The molecule has 0 spiro atoms.